The average molecular weight is 507 g/mol. The molecule has 0 saturated carbocycles. The van der Waals surface area contributed by atoms with Gasteiger partial charge in [0.25, 0.3) is 17.4 Å². The summed E-state index contributed by atoms with van der Waals surface area (Å²) in [4.78, 5) is 38.6. The van der Waals surface area contributed by atoms with Crippen LogP contribution in [-0.4, -0.2) is 21.7 Å². The zero-order chi connectivity index (χ0) is 26.8. The highest BCUT2D eigenvalue weighted by Gasteiger charge is 2.47. The maximum Gasteiger partial charge on any atom is 0.300 e. The lowest BCUT2D eigenvalue weighted by molar-refractivity contribution is -0.384. The van der Waals surface area contributed by atoms with Crippen LogP contribution in [-0.2, 0) is 9.59 Å². The number of nitro groups is 1. The first-order valence-electron chi connectivity index (χ1n) is 11.8. The molecule has 1 N–H and O–H groups in total. The molecule has 1 aliphatic rings. The van der Waals surface area contributed by atoms with E-state index in [-0.39, 0.29) is 16.8 Å². The van der Waals surface area contributed by atoms with E-state index in [2.05, 4.69) is 0 Å². The highest BCUT2D eigenvalue weighted by Crippen LogP contribution is 2.43. The van der Waals surface area contributed by atoms with Gasteiger partial charge < -0.3 is 9.84 Å². The number of hydrogen-bond acceptors (Lipinski definition) is 6. The highest BCUT2D eigenvalue weighted by atomic mass is 16.6. The molecule has 8 nitrogen and oxygen atoms in total. The highest BCUT2D eigenvalue weighted by molar-refractivity contribution is 6.51. The Balaban J connectivity index is 1.65. The van der Waals surface area contributed by atoms with Crippen LogP contribution in [0.25, 0.3) is 5.76 Å². The molecule has 8 heteroatoms. The monoisotopic (exact) mass is 506 g/mol. The van der Waals surface area contributed by atoms with Crippen LogP contribution in [0.4, 0.5) is 11.4 Å². The minimum atomic E-state index is -0.966. The molecule has 0 radical (unpaired) electrons. The predicted octanol–water partition coefficient (Wildman–Crippen LogP) is 6.32. The van der Waals surface area contributed by atoms with Gasteiger partial charge in [-0.1, -0.05) is 48.0 Å². The van der Waals surface area contributed by atoms with E-state index in [9.17, 15) is 24.8 Å². The minimum Gasteiger partial charge on any atom is -0.507 e. The molecule has 38 heavy (non-hydrogen) atoms. The van der Waals surface area contributed by atoms with Crippen molar-refractivity contribution in [2.75, 3.05) is 4.90 Å². The summed E-state index contributed by atoms with van der Waals surface area (Å²) < 4.78 is 5.97. The molecular formula is C30H22N2O6. The molecule has 0 aromatic heterocycles. The van der Waals surface area contributed by atoms with Gasteiger partial charge in [0, 0.05) is 23.4 Å². The predicted molar refractivity (Wildman–Crippen MR) is 142 cm³/mol. The van der Waals surface area contributed by atoms with Crippen molar-refractivity contribution in [3.8, 4) is 11.5 Å². The maximum absolute atomic E-state index is 13.4. The van der Waals surface area contributed by atoms with E-state index in [1.807, 2.05) is 37.3 Å². The van der Waals surface area contributed by atoms with Crippen molar-refractivity contribution >= 4 is 28.8 Å². The fraction of sp³-hybridized carbons (Fsp3) is 0.0667. The number of nitrogens with zero attached hydrogens (tertiary/aromatic N) is 2. The number of non-ortho nitro benzene ring substituents is 1. The summed E-state index contributed by atoms with van der Waals surface area (Å²) in [5.74, 6) is -0.980. The van der Waals surface area contributed by atoms with E-state index in [0.717, 1.165) is 5.56 Å². The third-order valence-electron chi connectivity index (χ3n) is 6.26. The lowest BCUT2D eigenvalue weighted by atomic mass is 9.95. The number of anilines is 1. The van der Waals surface area contributed by atoms with Gasteiger partial charge >= 0.3 is 0 Å². The number of aliphatic hydroxyl groups is 1. The molecular weight excluding hydrogens is 484 g/mol. The van der Waals surface area contributed by atoms with Crippen LogP contribution in [0.1, 0.15) is 22.7 Å². The topological polar surface area (TPSA) is 110 Å². The van der Waals surface area contributed by atoms with Crippen molar-refractivity contribution < 1.29 is 24.4 Å². The van der Waals surface area contributed by atoms with Gasteiger partial charge in [-0.15, -0.1) is 0 Å². The Kier molecular flexibility index (Phi) is 6.45. The van der Waals surface area contributed by atoms with Gasteiger partial charge in [-0.25, -0.2) is 0 Å². The fourth-order valence-electron chi connectivity index (χ4n) is 4.39. The number of benzene rings is 4. The maximum atomic E-state index is 13.4. The van der Waals surface area contributed by atoms with Crippen LogP contribution in [0.5, 0.6) is 11.5 Å². The van der Waals surface area contributed by atoms with Gasteiger partial charge in [-0.3, -0.25) is 24.6 Å². The van der Waals surface area contributed by atoms with E-state index >= 15 is 0 Å². The average Bonchev–Trinajstić information content (AvgIpc) is 3.19. The molecule has 1 amide bonds. The number of carbonyl (C=O) groups is 2. The Bertz CT molecular complexity index is 1560. The van der Waals surface area contributed by atoms with Crippen molar-refractivity contribution in [1.29, 1.82) is 0 Å². The van der Waals surface area contributed by atoms with E-state index in [4.69, 9.17) is 4.74 Å². The smallest absolute Gasteiger partial charge is 0.300 e. The number of ether oxygens (including phenoxy) is 1. The molecule has 1 atom stereocenters. The summed E-state index contributed by atoms with van der Waals surface area (Å²) in [6.07, 6.45) is 0. The van der Waals surface area contributed by atoms with Gasteiger partial charge in [0.05, 0.1) is 16.5 Å². The number of aliphatic hydroxyl groups excluding tert-OH is 1. The number of amides is 1. The Hall–Kier alpha value is -5.24. The summed E-state index contributed by atoms with van der Waals surface area (Å²) in [6.45, 7) is 1.91. The van der Waals surface area contributed by atoms with E-state index in [0.29, 0.717) is 22.7 Å². The Morgan fingerprint density at radius 1 is 0.868 bits per heavy atom. The summed E-state index contributed by atoms with van der Waals surface area (Å²) in [7, 11) is 0. The second-order valence-corrected chi connectivity index (χ2v) is 8.80. The third-order valence-corrected chi connectivity index (χ3v) is 6.26. The number of rotatable bonds is 6. The number of aryl methyl sites for hydroxylation is 1. The second kappa shape index (κ2) is 10.0. The van der Waals surface area contributed by atoms with Crippen molar-refractivity contribution in [2.24, 2.45) is 0 Å². The van der Waals surface area contributed by atoms with E-state index < -0.39 is 28.4 Å². The number of hydrogen-bond donors (Lipinski definition) is 1. The minimum absolute atomic E-state index is 0.124. The van der Waals surface area contributed by atoms with Gasteiger partial charge in [0.2, 0.25) is 0 Å². The van der Waals surface area contributed by atoms with Crippen molar-refractivity contribution in [1.82, 2.24) is 0 Å². The molecule has 5 rings (SSSR count). The van der Waals surface area contributed by atoms with Crippen molar-refractivity contribution in [3.63, 3.8) is 0 Å². The van der Waals surface area contributed by atoms with Crippen LogP contribution in [0.3, 0.4) is 0 Å². The lowest BCUT2D eigenvalue weighted by Crippen LogP contribution is -2.29. The number of Topliss-reactive ketones (excluding diaryl/α,β-unsaturated/α-hetero) is 1. The van der Waals surface area contributed by atoms with Crippen LogP contribution < -0.4 is 9.64 Å². The molecule has 1 unspecified atom stereocenters. The summed E-state index contributed by atoms with van der Waals surface area (Å²) in [6, 6.07) is 27.5. The first-order chi connectivity index (χ1) is 18.3. The van der Waals surface area contributed by atoms with Crippen LogP contribution >= 0.6 is 0 Å². The second-order valence-electron chi connectivity index (χ2n) is 8.80. The van der Waals surface area contributed by atoms with E-state index in [1.165, 1.54) is 29.2 Å². The third kappa shape index (κ3) is 4.62. The first kappa shape index (κ1) is 24.5. The van der Waals surface area contributed by atoms with Crippen molar-refractivity contribution in [2.45, 2.75) is 13.0 Å². The number of ketones is 1. The Labute approximate surface area is 218 Å². The summed E-state index contributed by atoms with van der Waals surface area (Å²) in [5, 5.41) is 22.3. The molecule has 1 heterocycles. The SMILES string of the molecule is Cc1ccc(N2C(=O)C(=O)/C(=C(/O)c3ccc([N+](=O)[O-])cc3)C2c2cccc(Oc3ccccc3)c2)cc1. The number of carbonyl (C=O) groups excluding carboxylic acids is 2. The molecule has 4 aromatic rings. The molecule has 1 aliphatic heterocycles. The molecule has 0 bridgehead atoms. The molecule has 0 aliphatic carbocycles. The molecule has 0 spiro atoms. The van der Waals surface area contributed by atoms with Crippen LogP contribution in [0.2, 0.25) is 0 Å². The molecule has 1 fully saturated rings. The fourth-order valence-corrected chi connectivity index (χ4v) is 4.39. The van der Waals surface area contributed by atoms with E-state index in [1.54, 1.807) is 48.5 Å². The van der Waals surface area contributed by atoms with Gasteiger partial charge in [-0.05, 0) is 61.0 Å². The summed E-state index contributed by atoms with van der Waals surface area (Å²) in [5.41, 5.74) is 1.90. The molecule has 1 saturated heterocycles. The molecule has 4 aromatic carbocycles. The Morgan fingerprint density at radius 3 is 2.18 bits per heavy atom. The largest absolute Gasteiger partial charge is 0.507 e. The normalized spacial score (nSPS) is 16.4. The number of nitro benzene ring substituents is 1. The van der Waals surface area contributed by atoms with Crippen LogP contribution in [0.15, 0.2) is 109 Å². The van der Waals surface area contributed by atoms with Crippen molar-refractivity contribution in [3.05, 3.63) is 136 Å². The number of para-hydroxylation sites is 1. The van der Waals surface area contributed by atoms with Gasteiger partial charge in [0.15, 0.2) is 0 Å². The van der Waals surface area contributed by atoms with Gasteiger partial charge in [-0.2, -0.15) is 0 Å². The zero-order valence-electron chi connectivity index (χ0n) is 20.3. The Morgan fingerprint density at radius 2 is 1.53 bits per heavy atom. The quantitative estimate of drug-likeness (QED) is 0.108. The zero-order valence-corrected chi connectivity index (χ0v) is 20.3. The van der Waals surface area contributed by atoms with Crippen LogP contribution in [0, 0.1) is 17.0 Å². The molecule has 188 valence electrons. The standard InChI is InChI=1S/C30H22N2O6/c1-19-10-14-22(15-11-19)31-27(21-6-5-9-25(18-21)38-24-7-3-2-4-8-24)26(29(34)30(31)35)28(33)20-12-16-23(17-13-20)32(36)37/h2-18,27,33H,1H3/b28-26+. The first-order valence-corrected chi connectivity index (χ1v) is 11.8. The van der Waals surface area contributed by atoms with Gasteiger partial charge in [0.1, 0.15) is 17.3 Å². The summed E-state index contributed by atoms with van der Waals surface area (Å²) >= 11 is 0. The lowest BCUT2D eigenvalue weighted by Gasteiger charge is -2.26.